The third kappa shape index (κ3) is 6.98. The monoisotopic (exact) mass is 604 g/mol. The Morgan fingerprint density at radius 3 is 2.78 bits per heavy atom. The summed E-state index contributed by atoms with van der Waals surface area (Å²) in [6.45, 7) is 2.83. The van der Waals surface area contributed by atoms with Gasteiger partial charge in [-0.15, -0.1) is 0 Å². The Balaban J connectivity index is 1.79. The lowest BCUT2D eigenvalue weighted by Crippen LogP contribution is -2.43. The molecule has 1 aromatic heterocycles. The van der Waals surface area contributed by atoms with Gasteiger partial charge in [-0.25, -0.2) is 17.8 Å². The van der Waals surface area contributed by atoms with Gasteiger partial charge >= 0.3 is 5.97 Å². The summed E-state index contributed by atoms with van der Waals surface area (Å²) in [7, 11) is -4.28. The Morgan fingerprint density at radius 2 is 2.07 bits per heavy atom. The van der Waals surface area contributed by atoms with E-state index in [1.807, 2.05) is 0 Å². The molecule has 41 heavy (non-hydrogen) atoms. The lowest BCUT2D eigenvalue weighted by Gasteiger charge is -2.36. The number of allylic oxidation sites excluding steroid dienone is 1. The summed E-state index contributed by atoms with van der Waals surface area (Å²) in [5.74, 6) is -1.30. The first-order chi connectivity index (χ1) is 19.5. The maximum absolute atomic E-state index is 14.5. The van der Waals surface area contributed by atoms with E-state index in [0.717, 1.165) is 0 Å². The highest BCUT2D eigenvalue weighted by molar-refractivity contribution is 7.93. The second kappa shape index (κ2) is 12.9. The number of hydrogen-bond acceptors (Lipinski definition) is 7. The number of carbonyl (C=O) groups is 1. The molecule has 0 aliphatic carbocycles. The van der Waals surface area contributed by atoms with Gasteiger partial charge in [0.25, 0.3) is 10.0 Å². The molecule has 0 amide bonds. The number of rotatable bonds is 11. The van der Waals surface area contributed by atoms with Crippen LogP contribution in [0.4, 0.5) is 10.1 Å². The van der Waals surface area contributed by atoms with Crippen LogP contribution < -0.4 is 13.8 Å². The van der Waals surface area contributed by atoms with Crippen LogP contribution in [0.1, 0.15) is 42.9 Å². The predicted octanol–water partition coefficient (Wildman–Crippen LogP) is 5.33. The fourth-order valence-electron chi connectivity index (χ4n) is 4.56. The molecule has 2 heterocycles. The van der Waals surface area contributed by atoms with E-state index in [1.165, 1.54) is 28.7 Å². The number of fused-ring (bicyclic) bond motifs is 1. The highest BCUT2D eigenvalue weighted by Gasteiger charge is 2.37. The van der Waals surface area contributed by atoms with Gasteiger partial charge in [0.2, 0.25) is 5.88 Å². The van der Waals surface area contributed by atoms with Crippen LogP contribution in [-0.4, -0.2) is 55.4 Å². The lowest BCUT2D eigenvalue weighted by atomic mass is 10.0. The van der Waals surface area contributed by atoms with Crippen LogP contribution in [0.5, 0.6) is 11.6 Å². The number of nitrogens with zero attached hydrogens (tertiary/aromatic N) is 2. The number of aliphatic hydroxyl groups excluding tert-OH is 1. The number of benzene rings is 2. The number of sulfonamides is 1. The molecule has 0 radical (unpaired) electrons. The van der Waals surface area contributed by atoms with Crippen molar-refractivity contribution in [2.24, 2.45) is 0 Å². The molecule has 1 atom stereocenters. The number of aromatic nitrogens is 1. The summed E-state index contributed by atoms with van der Waals surface area (Å²) in [4.78, 5) is 15.0. The first-order valence-corrected chi connectivity index (χ1v) is 14.7. The summed E-state index contributed by atoms with van der Waals surface area (Å²) >= 11 is 6.24. The minimum absolute atomic E-state index is 0.0813. The molecule has 0 saturated heterocycles. The summed E-state index contributed by atoms with van der Waals surface area (Å²) in [6.07, 6.45) is 3.07. The second-order valence-electron chi connectivity index (χ2n) is 9.60. The van der Waals surface area contributed by atoms with E-state index in [4.69, 9.17) is 26.2 Å². The highest BCUT2D eigenvalue weighted by Crippen LogP contribution is 2.41. The van der Waals surface area contributed by atoms with E-state index in [2.05, 4.69) is 4.98 Å². The molecule has 0 spiro atoms. The minimum atomic E-state index is -4.28. The van der Waals surface area contributed by atoms with Gasteiger partial charge in [-0.3, -0.25) is 9.10 Å². The molecule has 12 heteroatoms. The number of halogens is 2. The fraction of sp³-hybridized carbons (Fsp3) is 0.310. The molecular weight excluding hydrogens is 575 g/mol. The number of anilines is 1. The average Bonchev–Trinajstić information content (AvgIpc) is 2.91. The normalized spacial score (nSPS) is 15.3. The van der Waals surface area contributed by atoms with Crippen molar-refractivity contribution in [3.05, 3.63) is 76.2 Å². The molecule has 0 unspecified atom stereocenters. The highest BCUT2D eigenvalue weighted by atomic mass is 35.5. The number of carboxylic acids is 1. The van der Waals surface area contributed by atoms with Gasteiger partial charge in [0.05, 0.1) is 23.9 Å². The maximum Gasteiger partial charge on any atom is 0.303 e. The molecular formula is C29H30ClFN2O7S. The Bertz CT molecular complexity index is 1560. The van der Waals surface area contributed by atoms with Crippen molar-refractivity contribution < 1.29 is 37.3 Å². The molecule has 0 bridgehead atoms. The van der Waals surface area contributed by atoms with Gasteiger partial charge in [-0.1, -0.05) is 29.8 Å². The molecule has 0 saturated carbocycles. The summed E-state index contributed by atoms with van der Waals surface area (Å²) < 4.78 is 55.6. The number of pyridine rings is 1. The molecule has 4 rings (SSSR count). The molecule has 1 aliphatic rings. The van der Waals surface area contributed by atoms with Crippen molar-refractivity contribution in [2.45, 2.75) is 44.1 Å². The summed E-state index contributed by atoms with van der Waals surface area (Å²) in [6, 6.07) is 10.8. The van der Waals surface area contributed by atoms with E-state index in [1.54, 1.807) is 44.2 Å². The fourth-order valence-corrected chi connectivity index (χ4v) is 6.54. The Morgan fingerprint density at radius 1 is 1.29 bits per heavy atom. The topological polar surface area (TPSA) is 126 Å². The van der Waals surface area contributed by atoms with Crippen LogP contribution in [0.15, 0.2) is 53.6 Å². The minimum Gasteiger partial charge on any atom is -0.486 e. The molecule has 1 aliphatic heterocycles. The van der Waals surface area contributed by atoms with E-state index in [9.17, 15) is 22.7 Å². The van der Waals surface area contributed by atoms with E-state index >= 15 is 0 Å². The molecule has 218 valence electrons. The van der Waals surface area contributed by atoms with E-state index < -0.39 is 27.9 Å². The second-order valence-corrected chi connectivity index (χ2v) is 11.8. The molecule has 2 N–H and O–H groups in total. The van der Waals surface area contributed by atoms with Crippen molar-refractivity contribution in [1.82, 2.24) is 4.98 Å². The van der Waals surface area contributed by atoms with Crippen LogP contribution in [0.2, 0.25) is 5.02 Å². The van der Waals surface area contributed by atoms with Crippen LogP contribution in [0.3, 0.4) is 0 Å². The van der Waals surface area contributed by atoms with Gasteiger partial charge in [0.1, 0.15) is 29.2 Å². The van der Waals surface area contributed by atoms with Crippen LogP contribution >= 0.6 is 11.6 Å². The lowest BCUT2D eigenvalue weighted by molar-refractivity contribution is -0.137. The SMILES string of the molecule is C/C(=C\c1ccc2c(c1)N(S(=O)(=O)c1cc(C)cnc1OCCO)C[C@H](CCCC(=O)O)O2)c1c(F)cccc1Cl. The van der Waals surface area contributed by atoms with Crippen molar-refractivity contribution in [1.29, 1.82) is 0 Å². The number of carboxylic acid groups (broad SMARTS) is 1. The smallest absolute Gasteiger partial charge is 0.303 e. The summed E-state index contributed by atoms with van der Waals surface area (Å²) in [5.41, 5.74) is 2.18. The zero-order valence-electron chi connectivity index (χ0n) is 22.5. The standard InChI is InChI=1S/C29H30ClFN2O7S/c1-18-13-26(29(32-16-18)39-12-11-34)41(37,38)33-17-21(5-3-8-27(35)36)40-25-10-9-20(15-24(25)33)14-19(2)28-22(30)6-4-7-23(28)31/h4,6-7,9-10,13-16,21,34H,3,5,8,11-12,17H2,1-2H3,(H,35,36)/b19-14+/t21-/m0/s1. The van der Waals surface area contributed by atoms with Gasteiger partial charge in [0, 0.05) is 18.2 Å². The predicted molar refractivity (Wildman–Crippen MR) is 153 cm³/mol. The number of aliphatic hydroxyl groups is 1. The number of hydrogen-bond donors (Lipinski definition) is 2. The molecule has 2 aromatic carbocycles. The van der Waals surface area contributed by atoms with Crippen molar-refractivity contribution in [3.63, 3.8) is 0 Å². The molecule has 0 fully saturated rings. The Labute approximate surface area is 242 Å². The maximum atomic E-state index is 14.5. The van der Waals surface area contributed by atoms with Crippen LogP contribution in [-0.2, 0) is 14.8 Å². The van der Waals surface area contributed by atoms with Crippen molar-refractivity contribution in [2.75, 3.05) is 24.1 Å². The van der Waals surface area contributed by atoms with E-state index in [0.29, 0.717) is 29.5 Å². The summed E-state index contributed by atoms with van der Waals surface area (Å²) in [5, 5.41) is 18.5. The first-order valence-electron chi connectivity index (χ1n) is 12.9. The van der Waals surface area contributed by atoms with Crippen molar-refractivity contribution >= 4 is 44.9 Å². The number of ether oxygens (including phenoxy) is 2. The average molecular weight is 605 g/mol. The van der Waals surface area contributed by atoms with Gasteiger partial charge in [-0.05, 0) is 73.7 Å². The van der Waals surface area contributed by atoms with Crippen LogP contribution in [0.25, 0.3) is 11.6 Å². The van der Waals surface area contributed by atoms with Gasteiger partial charge in [0.15, 0.2) is 0 Å². The number of aliphatic carboxylic acids is 1. The molecule has 3 aromatic rings. The Hall–Kier alpha value is -3.67. The third-order valence-corrected chi connectivity index (χ3v) is 8.51. The van der Waals surface area contributed by atoms with Gasteiger partial charge in [-0.2, -0.15) is 0 Å². The van der Waals surface area contributed by atoms with E-state index in [-0.39, 0.29) is 59.0 Å². The van der Waals surface area contributed by atoms with Crippen molar-refractivity contribution in [3.8, 4) is 11.6 Å². The first kappa shape index (κ1) is 30.3. The Kier molecular flexibility index (Phi) is 9.52. The zero-order valence-corrected chi connectivity index (χ0v) is 24.1. The molecule has 9 nitrogen and oxygen atoms in total. The number of aryl methyl sites for hydroxylation is 1. The third-order valence-electron chi connectivity index (χ3n) is 6.42. The quantitative estimate of drug-likeness (QED) is 0.281. The van der Waals surface area contributed by atoms with Gasteiger partial charge < -0.3 is 19.7 Å². The zero-order chi connectivity index (χ0) is 29.7. The van der Waals surface area contributed by atoms with Crippen LogP contribution in [0, 0.1) is 12.7 Å². The largest absolute Gasteiger partial charge is 0.486 e.